The van der Waals surface area contributed by atoms with Crippen LogP contribution in [0.3, 0.4) is 0 Å². The van der Waals surface area contributed by atoms with Crippen LogP contribution in [0.1, 0.15) is 18.2 Å². The highest BCUT2D eigenvalue weighted by atomic mass is 79.9. The molecule has 1 atom stereocenters. The molecule has 1 heterocycles. The lowest BCUT2D eigenvalue weighted by atomic mass is 10.2. The maximum atomic E-state index is 6.23. The number of thioether (sulfide) groups is 1. The molecular formula is C16H19BrClNS2. The Balaban J connectivity index is 1.94. The maximum Gasteiger partial charge on any atom is 0.0701 e. The molecule has 0 spiro atoms. The second-order valence-electron chi connectivity index (χ2n) is 4.80. The quantitative estimate of drug-likeness (QED) is 0.552. The molecule has 0 saturated carbocycles. The zero-order valence-corrected chi connectivity index (χ0v) is 15.9. The average molecular weight is 405 g/mol. The molecule has 1 N–H and O–H groups in total. The monoisotopic (exact) mass is 403 g/mol. The van der Waals surface area contributed by atoms with Crippen molar-refractivity contribution in [2.24, 2.45) is 0 Å². The average Bonchev–Trinajstić information content (AvgIpc) is 2.88. The van der Waals surface area contributed by atoms with E-state index in [0.717, 1.165) is 35.1 Å². The zero-order valence-electron chi connectivity index (χ0n) is 11.9. The lowest BCUT2D eigenvalue weighted by molar-refractivity contribution is 0.553. The summed E-state index contributed by atoms with van der Waals surface area (Å²) in [4.78, 5) is 2.57. The van der Waals surface area contributed by atoms with Crippen LogP contribution < -0.4 is 5.32 Å². The van der Waals surface area contributed by atoms with Crippen molar-refractivity contribution < 1.29 is 0 Å². The van der Waals surface area contributed by atoms with Gasteiger partial charge in [0, 0.05) is 21.6 Å². The Morgan fingerprint density at radius 2 is 2.10 bits per heavy atom. The summed E-state index contributed by atoms with van der Waals surface area (Å²) in [6.45, 7) is 3.26. The molecule has 0 aliphatic rings. The SMILES string of the molecule is CCCNC(CSc1ccccc1Cl)Cc1ccc(Br)s1. The molecular weight excluding hydrogens is 386 g/mol. The van der Waals surface area contributed by atoms with E-state index in [2.05, 4.69) is 46.4 Å². The highest BCUT2D eigenvalue weighted by Crippen LogP contribution is 2.28. The third kappa shape index (κ3) is 5.95. The highest BCUT2D eigenvalue weighted by molar-refractivity contribution is 9.11. The van der Waals surface area contributed by atoms with Crippen molar-refractivity contribution in [3.63, 3.8) is 0 Å². The van der Waals surface area contributed by atoms with Crippen LogP contribution in [0.15, 0.2) is 45.1 Å². The van der Waals surface area contributed by atoms with Crippen LogP contribution >= 0.6 is 50.6 Å². The number of hydrogen-bond acceptors (Lipinski definition) is 3. The molecule has 0 fully saturated rings. The van der Waals surface area contributed by atoms with Crippen molar-refractivity contribution in [1.29, 1.82) is 0 Å². The summed E-state index contributed by atoms with van der Waals surface area (Å²) < 4.78 is 1.20. The predicted octanol–water partition coefficient (Wildman–Crippen LogP) is 5.87. The third-order valence-electron chi connectivity index (χ3n) is 3.04. The van der Waals surface area contributed by atoms with E-state index in [9.17, 15) is 0 Å². The Morgan fingerprint density at radius 1 is 1.29 bits per heavy atom. The molecule has 1 aromatic heterocycles. The van der Waals surface area contributed by atoms with Crippen molar-refractivity contribution in [1.82, 2.24) is 5.32 Å². The first kappa shape index (κ1) is 17.4. The van der Waals surface area contributed by atoms with E-state index in [1.54, 1.807) is 0 Å². The van der Waals surface area contributed by atoms with E-state index in [1.165, 1.54) is 8.66 Å². The van der Waals surface area contributed by atoms with E-state index in [-0.39, 0.29) is 0 Å². The van der Waals surface area contributed by atoms with Crippen LogP contribution in [-0.4, -0.2) is 18.3 Å². The molecule has 0 radical (unpaired) electrons. The van der Waals surface area contributed by atoms with E-state index < -0.39 is 0 Å². The number of benzene rings is 1. The second-order valence-corrected chi connectivity index (χ2v) is 8.82. The summed E-state index contributed by atoms with van der Waals surface area (Å²) in [7, 11) is 0. The molecule has 21 heavy (non-hydrogen) atoms. The Kier molecular flexibility index (Phi) is 7.61. The Morgan fingerprint density at radius 3 is 2.76 bits per heavy atom. The van der Waals surface area contributed by atoms with Gasteiger partial charge in [-0.2, -0.15) is 0 Å². The number of nitrogens with one attached hydrogen (secondary N) is 1. The van der Waals surface area contributed by atoms with Gasteiger partial charge in [-0.1, -0.05) is 30.7 Å². The van der Waals surface area contributed by atoms with Gasteiger partial charge in [0.15, 0.2) is 0 Å². The van der Waals surface area contributed by atoms with Gasteiger partial charge in [-0.25, -0.2) is 0 Å². The van der Waals surface area contributed by atoms with Crippen molar-refractivity contribution in [2.45, 2.75) is 30.7 Å². The van der Waals surface area contributed by atoms with E-state index in [1.807, 2.05) is 41.3 Å². The van der Waals surface area contributed by atoms with Gasteiger partial charge in [-0.3, -0.25) is 0 Å². The molecule has 5 heteroatoms. The summed E-state index contributed by atoms with van der Waals surface area (Å²) in [6, 6.07) is 12.9. The number of hydrogen-bond donors (Lipinski definition) is 1. The summed E-state index contributed by atoms with van der Waals surface area (Å²) in [5, 5.41) is 4.49. The van der Waals surface area contributed by atoms with Crippen LogP contribution in [0.4, 0.5) is 0 Å². The molecule has 1 nitrogen and oxygen atoms in total. The second kappa shape index (κ2) is 9.21. The molecule has 1 unspecified atom stereocenters. The third-order valence-corrected chi connectivity index (χ3v) is 6.36. The molecule has 0 amide bonds. The van der Waals surface area contributed by atoms with Crippen LogP contribution in [0, 0.1) is 0 Å². The topological polar surface area (TPSA) is 12.0 Å². The number of halogens is 2. The molecule has 2 aromatic rings. The number of thiophene rings is 1. The Bertz CT molecular complexity index is 559. The summed E-state index contributed by atoms with van der Waals surface area (Å²) in [6.07, 6.45) is 2.22. The van der Waals surface area contributed by atoms with Crippen molar-refractivity contribution >= 4 is 50.6 Å². The normalized spacial score (nSPS) is 12.5. The molecule has 114 valence electrons. The highest BCUT2D eigenvalue weighted by Gasteiger charge is 2.12. The van der Waals surface area contributed by atoms with Crippen LogP contribution in [0.2, 0.25) is 5.02 Å². The molecule has 2 rings (SSSR count). The molecule has 0 aliphatic carbocycles. The fraction of sp³-hybridized carbons (Fsp3) is 0.375. The first-order chi connectivity index (χ1) is 10.2. The van der Waals surface area contributed by atoms with E-state index >= 15 is 0 Å². The van der Waals surface area contributed by atoms with Crippen molar-refractivity contribution in [3.05, 3.63) is 50.1 Å². The van der Waals surface area contributed by atoms with E-state index in [0.29, 0.717) is 6.04 Å². The first-order valence-corrected chi connectivity index (χ1v) is 10.0. The predicted molar refractivity (Wildman–Crippen MR) is 100.0 cm³/mol. The minimum atomic E-state index is 0.469. The van der Waals surface area contributed by atoms with Gasteiger partial charge in [0.05, 0.1) is 8.81 Å². The molecule has 0 saturated heterocycles. The number of rotatable bonds is 8. The van der Waals surface area contributed by atoms with Crippen LogP contribution in [0.25, 0.3) is 0 Å². The van der Waals surface area contributed by atoms with Crippen molar-refractivity contribution in [3.8, 4) is 0 Å². The van der Waals surface area contributed by atoms with Gasteiger partial charge in [0.25, 0.3) is 0 Å². The lowest BCUT2D eigenvalue weighted by Crippen LogP contribution is -2.33. The standard InChI is InChI=1S/C16H19BrClNS2/c1-2-9-19-12(10-13-7-8-16(17)21-13)11-20-15-6-4-3-5-14(15)18/h3-8,12,19H,2,9-11H2,1H3. The summed E-state index contributed by atoms with van der Waals surface area (Å²) in [5.74, 6) is 1.03. The molecule has 0 aliphatic heterocycles. The van der Waals surface area contributed by atoms with Gasteiger partial charge in [-0.05, 0) is 59.6 Å². The fourth-order valence-electron chi connectivity index (χ4n) is 1.99. The van der Waals surface area contributed by atoms with Gasteiger partial charge < -0.3 is 5.32 Å². The van der Waals surface area contributed by atoms with Crippen LogP contribution in [-0.2, 0) is 6.42 Å². The van der Waals surface area contributed by atoms with Gasteiger partial charge >= 0.3 is 0 Å². The largest absolute Gasteiger partial charge is 0.313 e. The van der Waals surface area contributed by atoms with Crippen molar-refractivity contribution in [2.75, 3.05) is 12.3 Å². The summed E-state index contributed by atoms with van der Waals surface area (Å²) >= 11 is 13.4. The van der Waals surface area contributed by atoms with Gasteiger partial charge in [0.1, 0.15) is 0 Å². The Hall–Kier alpha value is -0.0000000000000000833. The van der Waals surface area contributed by atoms with Gasteiger partial charge in [0.2, 0.25) is 0 Å². The first-order valence-electron chi connectivity index (χ1n) is 7.04. The summed E-state index contributed by atoms with van der Waals surface area (Å²) in [5.41, 5.74) is 0. The molecule has 1 aromatic carbocycles. The maximum absolute atomic E-state index is 6.23. The van der Waals surface area contributed by atoms with Gasteiger partial charge in [-0.15, -0.1) is 23.1 Å². The molecule has 0 bridgehead atoms. The zero-order chi connectivity index (χ0) is 15.1. The van der Waals surface area contributed by atoms with E-state index in [4.69, 9.17) is 11.6 Å². The fourth-order valence-corrected chi connectivity index (χ4v) is 4.85. The minimum Gasteiger partial charge on any atom is -0.313 e. The minimum absolute atomic E-state index is 0.469. The smallest absolute Gasteiger partial charge is 0.0701 e. The lowest BCUT2D eigenvalue weighted by Gasteiger charge is -2.17. The van der Waals surface area contributed by atoms with Crippen LogP contribution in [0.5, 0.6) is 0 Å². The Labute approximate surface area is 148 Å².